The van der Waals surface area contributed by atoms with Crippen LogP contribution in [0.1, 0.15) is 24.3 Å². The van der Waals surface area contributed by atoms with Gasteiger partial charge in [-0.1, -0.05) is 6.07 Å². The number of hydrogen-bond donors (Lipinski definition) is 5. The predicted molar refractivity (Wildman–Crippen MR) is 107 cm³/mol. The lowest BCUT2D eigenvalue weighted by atomic mass is 10.1. The topological polar surface area (TPSA) is 179 Å². The molecule has 5 N–H and O–H groups in total. The second-order valence-corrected chi connectivity index (χ2v) is 6.96. The van der Waals surface area contributed by atoms with Crippen molar-refractivity contribution in [3.05, 3.63) is 46.0 Å². The van der Waals surface area contributed by atoms with Gasteiger partial charge >= 0.3 is 0 Å². The number of benzene rings is 1. The van der Waals surface area contributed by atoms with Crippen LogP contribution >= 0.6 is 0 Å². The van der Waals surface area contributed by atoms with Gasteiger partial charge in [0.25, 0.3) is 11.5 Å². The number of carbonyl (C=O) groups excluding carboxylic acids is 2. The Labute approximate surface area is 174 Å². The molecule has 0 aliphatic carbocycles. The Morgan fingerprint density at radius 2 is 2.10 bits per heavy atom. The van der Waals surface area contributed by atoms with Gasteiger partial charge < -0.3 is 20.3 Å². The van der Waals surface area contributed by atoms with Gasteiger partial charge in [0.2, 0.25) is 11.9 Å². The van der Waals surface area contributed by atoms with Crippen molar-refractivity contribution in [2.75, 3.05) is 17.2 Å². The molecule has 1 aliphatic heterocycles. The highest BCUT2D eigenvalue weighted by atomic mass is 16.5. The fourth-order valence-electron chi connectivity index (χ4n) is 2.98. The smallest absolute Gasteiger partial charge is 0.280 e. The molecule has 12 heteroatoms. The highest BCUT2D eigenvalue weighted by Gasteiger charge is 2.19. The monoisotopic (exact) mass is 426 g/mol. The molecule has 0 unspecified atom stereocenters. The lowest BCUT2D eigenvalue weighted by molar-refractivity contribution is -0.118. The minimum absolute atomic E-state index is 0.0232. The van der Waals surface area contributed by atoms with Crippen molar-refractivity contribution in [1.29, 1.82) is 0 Å². The van der Waals surface area contributed by atoms with Crippen LogP contribution in [0.4, 0.5) is 11.6 Å². The van der Waals surface area contributed by atoms with Crippen LogP contribution in [0.25, 0.3) is 11.2 Å². The lowest BCUT2D eigenvalue weighted by Crippen LogP contribution is -2.25. The molecular formula is C19H18N6O6. The third kappa shape index (κ3) is 4.34. The summed E-state index contributed by atoms with van der Waals surface area (Å²) in [6.07, 6.45) is -1.25. The molecule has 0 radical (unpaired) electrons. The Morgan fingerprint density at radius 1 is 1.29 bits per heavy atom. The Kier molecular flexibility index (Phi) is 5.31. The molecule has 2 aromatic heterocycles. The first-order valence-corrected chi connectivity index (χ1v) is 9.28. The van der Waals surface area contributed by atoms with E-state index in [0.717, 1.165) is 0 Å². The summed E-state index contributed by atoms with van der Waals surface area (Å²) in [5.41, 5.74) is 0.275. The molecule has 3 heterocycles. The number of rotatable bonds is 5. The maximum Gasteiger partial charge on any atom is 0.280 e. The van der Waals surface area contributed by atoms with Gasteiger partial charge in [0.15, 0.2) is 17.8 Å². The van der Waals surface area contributed by atoms with Crippen molar-refractivity contribution < 1.29 is 24.5 Å². The van der Waals surface area contributed by atoms with E-state index in [-0.39, 0.29) is 41.7 Å². The summed E-state index contributed by atoms with van der Waals surface area (Å²) in [5, 5.41) is 24.5. The van der Waals surface area contributed by atoms with Crippen molar-refractivity contribution in [1.82, 2.24) is 19.9 Å². The second-order valence-electron chi connectivity index (χ2n) is 6.96. The summed E-state index contributed by atoms with van der Waals surface area (Å²) in [5.74, 6) is -0.338. The first-order valence-electron chi connectivity index (χ1n) is 9.28. The molecule has 1 aromatic carbocycles. The summed E-state index contributed by atoms with van der Waals surface area (Å²) < 4.78 is 5.28. The molecule has 1 aliphatic rings. The van der Waals surface area contributed by atoms with Crippen LogP contribution in [-0.2, 0) is 16.0 Å². The van der Waals surface area contributed by atoms with Crippen LogP contribution in [0.15, 0.2) is 29.2 Å². The highest BCUT2D eigenvalue weighted by molar-refractivity contribution is 5.96. The number of fused-ring (bicyclic) bond motifs is 2. The number of ether oxygens (including phenoxy) is 1. The third-order valence-electron chi connectivity index (χ3n) is 4.50. The first-order chi connectivity index (χ1) is 14.8. The molecule has 0 spiro atoms. The Morgan fingerprint density at radius 3 is 2.87 bits per heavy atom. The van der Waals surface area contributed by atoms with Gasteiger partial charge in [0, 0.05) is 0 Å². The van der Waals surface area contributed by atoms with Gasteiger partial charge in [-0.15, -0.1) is 0 Å². The zero-order chi connectivity index (χ0) is 22.1. The summed E-state index contributed by atoms with van der Waals surface area (Å²) in [7, 11) is 0. The zero-order valence-electron chi connectivity index (χ0n) is 16.2. The molecule has 0 saturated carbocycles. The predicted octanol–water partition coefficient (Wildman–Crippen LogP) is -0.361. The van der Waals surface area contributed by atoms with Crippen LogP contribution in [0, 0.1) is 0 Å². The molecule has 31 heavy (non-hydrogen) atoms. The van der Waals surface area contributed by atoms with Gasteiger partial charge in [-0.05, 0) is 24.6 Å². The lowest BCUT2D eigenvalue weighted by Gasteiger charge is -2.18. The van der Waals surface area contributed by atoms with E-state index in [1.165, 1.54) is 13.1 Å². The Bertz CT molecular complexity index is 1240. The molecule has 2 atom stereocenters. The van der Waals surface area contributed by atoms with Crippen molar-refractivity contribution in [2.45, 2.75) is 25.6 Å². The maximum atomic E-state index is 12.4. The number of carbonyl (C=O) groups is 2. The third-order valence-corrected chi connectivity index (χ3v) is 4.50. The maximum absolute atomic E-state index is 12.4. The molecule has 0 saturated heterocycles. The average molecular weight is 426 g/mol. The number of H-pyrrole nitrogens is 1. The van der Waals surface area contributed by atoms with E-state index >= 15 is 0 Å². The quantitative estimate of drug-likeness (QED) is 0.364. The summed E-state index contributed by atoms with van der Waals surface area (Å²) in [6.45, 7) is 1.32. The van der Waals surface area contributed by atoms with Crippen LogP contribution in [0.5, 0.6) is 5.75 Å². The summed E-state index contributed by atoms with van der Waals surface area (Å²) >= 11 is 0. The standard InChI is InChI=1S/C19H18N6O6/c1-8(26)16(29)11-6-20-17-15(22-11)18(30)25-19(24-17)23-13(27)5-9-2-3-12-10(4-9)21-14(28)7-31-12/h2-4,6,8,16,26,29H,5,7H2,1H3,(H,21,28)(H2,20,23,24,25,27,30)/t8-,16-/m0/s1. The van der Waals surface area contributed by atoms with E-state index in [2.05, 4.69) is 30.6 Å². The molecular weight excluding hydrogens is 408 g/mol. The molecule has 0 fully saturated rings. The van der Waals surface area contributed by atoms with Gasteiger partial charge in [0.05, 0.1) is 30.1 Å². The van der Waals surface area contributed by atoms with Crippen LogP contribution in [-0.4, -0.2) is 54.7 Å². The number of anilines is 2. The number of nitrogens with one attached hydrogen (secondary N) is 3. The van der Waals surface area contributed by atoms with Gasteiger partial charge in [0.1, 0.15) is 11.9 Å². The fourth-order valence-corrected chi connectivity index (χ4v) is 2.98. The number of aromatic nitrogens is 4. The average Bonchev–Trinajstić information content (AvgIpc) is 2.72. The molecule has 0 bridgehead atoms. The molecule has 12 nitrogen and oxygen atoms in total. The number of aliphatic hydroxyl groups excluding tert-OH is 2. The molecule has 2 amide bonds. The minimum atomic E-state index is -1.30. The van der Waals surface area contributed by atoms with Crippen LogP contribution in [0.3, 0.4) is 0 Å². The van der Waals surface area contributed by atoms with E-state index in [1.807, 2.05) is 0 Å². The fraction of sp³-hybridized carbons (Fsp3) is 0.263. The van der Waals surface area contributed by atoms with E-state index in [9.17, 15) is 24.6 Å². The molecule has 3 aromatic rings. The van der Waals surface area contributed by atoms with Crippen molar-refractivity contribution >= 4 is 34.6 Å². The number of amides is 2. The van der Waals surface area contributed by atoms with Crippen LogP contribution in [0.2, 0.25) is 0 Å². The number of aromatic amines is 1. The zero-order valence-corrected chi connectivity index (χ0v) is 16.2. The number of hydrogen-bond acceptors (Lipinski definition) is 9. The number of aliphatic hydroxyl groups is 2. The highest BCUT2D eigenvalue weighted by Crippen LogP contribution is 2.28. The van der Waals surface area contributed by atoms with Gasteiger partial charge in [-0.3, -0.25) is 24.7 Å². The summed E-state index contributed by atoms with van der Waals surface area (Å²) in [6, 6.07) is 4.97. The minimum Gasteiger partial charge on any atom is -0.482 e. The summed E-state index contributed by atoms with van der Waals surface area (Å²) in [4.78, 5) is 50.6. The van der Waals surface area contributed by atoms with Crippen molar-refractivity contribution in [3.63, 3.8) is 0 Å². The van der Waals surface area contributed by atoms with Crippen molar-refractivity contribution in [3.8, 4) is 5.75 Å². The number of nitrogens with zero attached hydrogens (tertiary/aromatic N) is 3. The van der Waals surface area contributed by atoms with Gasteiger partial charge in [-0.2, -0.15) is 4.98 Å². The normalized spacial score (nSPS) is 14.9. The van der Waals surface area contributed by atoms with Gasteiger partial charge in [-0.25, -0.2) is 9.97 Å². The Hall–Kier alpha value is -3.90. The van der Waals surface area contributed by atoms with Crippen molar-refractivity contribution in [2.24, 2.45) is 0 Å². The largest absolute Gasteiger partial charge is 0.482 e. The van der Waals surface area contributed by atoms with E-state index in [0.29, 0.717) is 17.0 Å². The van der Waals surface area contributed by atoms with E-state index in [1.54, 1.807) is 18.2 Å². The van der Waals surface area contributed by atoms with E-state index in [4.69, 9.17) is 4.74 Å². The van der Waals surface area contributed by atoms with Crippen LogP contribution < -0.4 is 20.9 Å². The molecule has 4 rings (SSSR count). The second kappa shape index (κ2) is 8.08. The molecule has 160 valence electrons. The Balaban J connectivity index is 1.51. The first kappa shape index (κ1) is 20.4. The van der Waals surface area contributed by atoms with E-state index < -0.39 is 23.7 Å². The SMILES string of the molecule is C[C@H](O)[C@H](O)c1cnc2nc(NC(=O)Cc3ccc4c(c3)NC(=O)CO4)[nH]c(=O)c2n1.